The topological polar surface area (TPSA) is 46.2 Å². The van der Waals surface area contributed by atoms with E-state index in [9.17, 15) is 0 Å². The second-order valence-electron chi connectivity index (χ2n) is 4.05. The molecule has 0 fully saturated rings. The maximum absolute atomic E-state index is 8.81. The van der Waals surface area contributed by atoms with Crippen molar-refractivity contribution in [2.45, 2.75) is 33.0 Å². The first-order chi connectivity index (χ1) is 4.49. The molecular weight excluding hydrogens is 125 g/mol. The third kappa shape index (κ3) is 4.83. The molecule has 3 N–H and O–H groups in total. The van der Waals surface area contributed by atoms with Gasteiger partial charge in [-0.2, -0.15) is 0 Å². The van der Waals surface area contributed by atoms with Crippen LogP contribution >= 0.6 is 0 Å². The SMILES string of the molecule is CC(C)(C)CC(BO)CN. The van der Waals surface area contributed by atoms with Crippen molar-refractivity contribution in [3.05, 3.63) is 0 Å². The minimum absolute atomic E-state index is 0.216. The predicted octanol–water partition coefficient (Wildman–Crippen LogP) is 0.514. The summed E-state index contributed by atoms with van der Waals surface area (Å²) in [6.07, 6.45) is 1.00. The van der Waals surface area contributed by atoms with Crippen molar-refractivity contribution in [3.63, 3.8) is 0 Å². The zero-order valence-corrected chi connectivity index (χ0v) is 7.22. The minimum atomic E-state index is 0.216. The Bertz CT molecular complexity index is 86.1. The summed E-state index contributed by atoms with van der Waals surface area (Å²) in [4.78, 5) is 0. The van der Waals surface area contributed by atoms with Gasteiger partial charge in [0, 0.05) is 0 Å². The van der Waals surface area contributed by atoms with Crippen LogP contribution in [0.4, 0.5) is 0 Å². The van der Waals surface area contributed by atoms with Gasteiger partial charge in [-0.15, -0.1) is 0 Å². The van der Waals surface area contributed by atoms with Gasteiger partial charge in [0.2, 0.25) is 0 Å². The lowest BCUT2D eigenvalue weighted by Gasteiger charge is -2.22. The smallest absolute Gasteiger partial charge is 0.275 e. The van der Waals surface area contributed by atoms with Gasteiger partial charge < -0.3 is 10.8 Å². The first kappa shape index (κ1) is 9.98. The maximum atomic E-state index is 8.81. The molecule has 0 aromatic rings. The molecule has 10 heavy (non-hydrogen) atoms. The Kier molecular flexibility index (Phi) is 3.98. The van der Waals surface area contributed by atoms with Gasteiger partial charge in [-0.05, 0) is 24.2 Å². The normalized spacial score (nSPS) is 14.9. The summed E-state index contributed by atoms with van der Waals surface area (Å²) in [6.45, 7) is 7.07. The van der Waals surface area contributed by atoms with Crippen molar-refractivity contribution in [3.8, 4) is 0 Å². The molecule has 1 unspecified atom stereocenters. The zero-order chi connectivity index (χ0) is 8.20. The van der Waals surface area contributed by atoms with Crippen molar-refractivity contribution in [2.24, 2.45) is 11.1 Å². The maximum Gasteiger partial charge on any atom is 0.275 e. The van der Waals surface area contributed by atoms with Crippen molar-refractivity contribution >= 4 is 7.48 Å². The van der Waals surface area contributed by atoms with Crippen LogP contribution in [0.2, 0.25) is 5.82 Å². The van der Waals surface area contributed by atoms with Crippen LogP contribution in [0, 0.1) is 5.41 Å². The highest BCUT2D eigenvalue weighted by Crippen LogP contribution is 2.25. The van der Waals surface area contributed by atoms with Crippen molar-refractivity contribution in [1.82, 2.24) is 0 Å². The van der Waals surface area contributed by atoms with E-state index in [2.05, 4.69) is 20.8 Å². The molecule has 1 atom stereocenters. The fourth-order valence-electron chi connectivity index (χ4n) is 1.09. The highest BCUT2D eigenvalue weighted by Gasteiger charge is 2.17. The molecule has 2 nitrogen and oxygen atoms in total. The van der Waals surface area contributed by atoms with Crippen LogP contribution in [-0.4, -0.2) is 19.1 Å². The third-order valence-corrected chi connectivity index (χ3v) is 1.49. The van der Waals surface area contributed by atoms with Gasteiger partial charge in [0.15, 0.2) is 0 Å². The lowest BCUT2D eigenvalue weighted by atomic mass is 9.71. The van der Waals surface area contributed by atoms with E-state index in [-0.39, 0.29) is 18.7 Å². The molecule has 0 saturated heterocycles. The molecule has 0 spiro atoms. The third-order valence-electron chi connectivity index (χ3n) is 1.49. The summed E-state index contributed by atoms with van der Waals surface area (Å²) in [6, 6.07) is 0. The molecule has 0 heterocycles. The zero-order valence-electron chi connectivity index (χ0n) is 7.22. The monoisotopic (exact) mass is 143 g/mol. The Morgan fingerprint density at radius 1 is 1.50 bits per heavy atom. The van der Waals surface area contributed by atoms with Crippen LogP contribution < -0.4 is 5.73 Å². The fourth-order valence-corrected chi connectivity index (χ4v) is 1.09. The molecule has 0 aromatic heterocycles. The van der Waals surface area contributed by atoms with Crippen LogP contribution in [0.3, 0.4) is 0 Å². The van der Waals surface area contributed by atoms with E-state index in [0.29, 0.717) is 6.54 Å². The van der Waals surface area contributed by atoms with Crippen LogP contribution in [0.5, 0.6) is 0 Å². The average Bonchev–Trinajstić information content (AvgIpc) is 1.81. The Morgan fingerprint density at radius 3 is 2.10 bits per heavy atom. The summed E-state index contributed by atoms with van der Waals surface area (Å²) in [7, 11) is 0.216. The van der Waals surface area contributed by atoms with Crippen molar-refractivity contribution < 1.29 is 5.02 Å². The van der Waals surface area contributed by atoms with E-state index in [0.717, 1.165) is 6.42 Å². The Labute approximate surface area is 64.1 Å². The number of nitrogens with two attached hydrogens (primary N) is 1. The van der Waals surface area contributed by atoms with E-state index >= 15 is 0 Å². The lowest BCUT2D eigenvalue weighted by Crippen LogP contribution is -2.20. The Balaban J connectivity index is 3.63. The molecule has 60 valence electrons. The molecule has 0 rings (SSSR count). The van der Waals surface area contributed by atoms with E-state index in [1.54, 1.807) is 0 Å². The highest BCUT2D eigenvalue weighted by atomic mass is 16.2. The fraction of sp³-hybridized carbons (Fsp3) is 1.00. The van der Waals surface area contributed by atoms with E-state index in [1.807, 2.05) is 0 Å². The summed E-state index contributed by atoms with van der Waals surface area (Å²) < 4.78 is 0. The molecule has 0 aliphatic carbocycles. The van der Waals surface area contributed by atoms with Gasteiger partial charge in [0.25, 0.3) is 7.48 Å². The molecule has 0 bridgehead atoms. The highest BCUT2D eigenvalue weighted by molar-refractivity contribution is 6.27. The van der Waals surface area contributed by atoms with Gasteiger partial charge in [-0.3, -0.25) is 0 Å². The van der Waals surface area contributed by atoms with Gasteiger partial charge in [-0.25, -0.2) is 0 Å². The number of hydrogen-bond acceptors (Lipinski definition) is 2. The second-order valence-corrected chi connectivity index (χ2v) is 4.05. The second kappa shape index (κ2) is 3.99. The molecule has 0 amide bonds. The molecule has 0 aliphatic heterocycles. The summed E-state index contributed by atoms with van der Waals surface area (Å²) in [5.74, 6) is 0.278. The molecule has 0 aromatic carbocycles. The largest absolute Gasteiger partial charge is 0.454 e. The molecular formula is C7H18BNO. The van der Waals surface area contributed by atoms with Crippen LogP contribution in [0.25, 0.3) is 0 Å². The van der Waals surface area contributed by atoms with Gasteiger partial charge in [0.05, 0.1) is 0 Å². The Hall–Kier alpha value is -0.0151. The first-order valence-corrected chi connectivity index (χ1v) is 3.80. The van der Waals surface area contributed by atoms with Crippen LogP contribution in [0.15, 0.2) is 0 Å². The quantitative estimate of drug-likeness (QED) is 0.565. The number of hydrogen-bond donors (Lipinski definition) is 2. The van der Waals surface area contributed by atoms with Crippen molar-refractivity contribution in [2.75, 3.05) is 6.54 Å². The average molecular weight is 143 g/mol. The van der Waals surface area contributed by atoms with Gasteiger partial charge in [0.1, 0.15) is 0 Å². The van der Waals surface area contributed by atoms with Gasteiger partial charge in [-0.1, -0.05) is 20.8 Å². The standard InChI is InChI=1S/C7H18BNO/c1-7(2,3)4-6(5-9)8-10/h6,8,10H,4-5,9H2,1-3H3. The van der Waals surface area contributed by atoms with E-state index in [4.69, 9.17) is 10.8 Å². The number of rotatable bonds is 3. The van der Waals surface area contributed by atoms with Gasteiger partial charge >= 0.3 is 0 Å². The molecule has 3 heteroatoms. The van der Waals surface area contributed by atoms with Crippen molar-refractivity contribution in [1.29, 1.82) is 0 Å². The Morgan fingerprint density at radius 2 is 2.00 bits per heavy atom. The van der Waals surface area contributed by atoms with Crippen LogP contribution in [-0.2, 0) is 0 Å². The predicted molar refractivity (Wildman–Crippen MR) is 46.2 cm³/mol. The summed E-state index contributed by atoms with van der Waals surface area (Å²) >= 11 is 0. The van der Waals surface area contributed by atoms with E-state index in [1.165, 1.54) is 0 Å². The minimum Gasteiger partial charge on any atom is -0.454 e. The lowest BCUT2D eigenvalue weighted by molar-refractivity contribution is 0.359. The first-order valence-electron chi connectivity index (χ1n) is 3.80. The van der Waals surface area contributed by atoms with Crippen LogP contribution in [0.1, 0.15) is 27.2 Å². The van der Waals surface area contributed by atoms with E-state index < -0.39 is 0 Å². The summed E-state index contributed by atoms with van der Waals surface area (Å²) in [5.41, 5.74) is 5.71. The summed E-state index contributed by atoms with van der Waals surface area (Å²) in [5, 5.41) is 8.81. The molecule has 0 aliphatic rings. The molecule has 0 saturated carbocycles. The molecule has 0 radical (unpaired) electrons.